The van der Waals surface area contributed by atoms with Crippen LogP contribution in [0.5, 0.6) is 0 Å². The summed E-state index contributed by atoms with van der Waals surface area (Å²) in [5.74, 6) is -0.524. The topological polar surface area (TPSA) is 38.0 Å². The van der Waals surface area contributed by atoms with Crippen molar-refractivity contribution in [2.24, 2.45) is 0 Å². The summed E-state index contributed by atoms with van der Waals surface area (Å²) in [7, 11) is 0. The fourth-order valence-electron chi connectivity index (χ4n) is 2.25. The van der Waals surface area contributed by atoms with Crippen LogP contribution in [-0.2, 0) is 6.42 Å². The number of aliphatic hydroxyl groups is 1. The summed E-state index contributed by atoms with van der Waals surface area (Å²) in [6, 6.07) is 8.89. The first kappa shape index (κ1) is 14.7. The molecule has 2 rings (SSSR count). The number of rotatable bonds is 6. The van der Waals surface area contributed by atoms with E-state index in [1.165, 1.54) is 6.07 Å². The van der Waals surface area contributed by atoms with Gasteiger partial charge in [0.15, 0.2) is 0 Å². The molecule has 0 aliphatic heterocycles. The van der Waals surface area contributed by atoms with Gasteiger partial charge in [0.25, 0.3) is 0 Å². The molecule has 0 spiro atoms. The van der Waals surface area contributed by atoms with E-state index >= 15 is 0 Å². The van der Waals surface area contributed by atoms with E-state index in [4.69, 9.17) is 0 Å². The second-order valence-electron chi connectivity index (χ2n) is 5.15. The highest BCUT2D eigenvalue weighted by molar-refractivity contribution is 5.23. The number of benzene rings is 1. The first-order valence-corrected chi connectivity index (χ1v) is 7.05. The highest BCUT2D eigenvalue weighted by Gasteiger charge is 2.17. The number of aromatic nitrogens is 2. The highest BCUT2D eigenvalue weighted by atomic mass is 19.1. The van der Waals surface area contributed by atoms with E-state index in [1.54, 1.807) is 18.2 Å². The molecule has 4 heteroatoms. The molecule has 0 saturated heterocycles. The molecule has 1 N–H and O–H groups in total. The third kappa shape index (κ3) is 3.25. The Morgan fingerprint density at radius 1 is 1.30 bits per heavy atom. The Bertz CT molecular complexity index is 553. The minimum atomic E-state index is -0.270. The van der Waals surface area contributed by atoms with Crippen LogP contribution in [-0.4, -0.2) is 21.5 Å². The molecule has 2 atom stereocenters. The van der Waals surface area contributed by atoms with Crippen molar-refractivity contribution in [2.45, 2.75) is 38.6 Å². The van der Waals surface area contributed by atoms with Gasteiger partial charge < -0.3 is 5.11 Å². The summed E-state index contributed by atoms with van der Waals surface area (Å²) >= 11 is 0. The van der Waals surface area contributed by atoms with Crippen LogP contribution in [0.15, 0.2) is 36.5 Å². The van der Waals surface area contributed by atoms with Gasteiger partial charge in [-0.2, -0.15) is 5.10 Å². The van der Waals surface area contributed by atoms with E-state index in [0.717, 1.165) is 12.1 Å². The van der Waals surface area contributed by atoms with Gasteiger partial charge in [-0.05, 0) is 31.0 Å². The molecule has 1 aromatic heterocycles. The van der Waals surface area contributed by atoms with E-state index < -0.39 is 0 Å². The van der Waals surface area contributed by atoms with Crippen LogP contribution in [0.1, 0.15) is 43.5 Å². The van der Waals surface area contributed by atoms with Crippen LogP contribution in [0.3, 0.4) is 0 Å². The molecule has 0 saturated carbocycles. The second kappa shape index (κ2) is 6.66. The van der Waals surface area contributed by atoms with Gasteiger partial charge in [0.05, 0.1) is 12.3 Å². The Hall–Kier alpha value is -1.68. The van der Waals surface area contributed by atoms with Gasteiger partial charge in [-0.25, -0.2) is 4.39 Å². The smallest absolute Gasteiger partial charge is 0.126 e. The minimum absolute atomic E-state index is 0.0862. The van der Waals surface area contributed by atoms with E-state index in [9.17, 15) is 9.50 Å². The van der Waals surface area contributed by atoms with Crippen molar-refractivity contribution < 1.29 is 9.50 Å². The largest absolute Gasteiger partial charge is 0.396 e. The van der Waals surface area contributed by atoms with Crippen molar-refractivity contribution in [3.63, 3.8) is 0 Å². The molecular weight excluding hydrogens is 255 g/mol. The van der Waals surface area contributed by atoms with Crippen molar-refractivity contribution in [1.82, 2.24) is 9.78 Å². The predicted molar refractivity (Wildman–Crippen MR) is 77.2 cm³/mol. The van der Waals surface area contributed by atoms with Gasteiger partial charge in [-0.3, -0.25) is 4.68 Å². The molecule has 0 bridgehead atoms. The number of hydrogen-bond donors (Lipinski definition) is 1. The highest BCUT2D eigenvalue weighted by Crippen LogP contribution is 2.23. The standard InChI is InChI=1S/C16H21FN2O/c1-3-12(2)19-9-8-14(18-19)10-13(11-20)15-6-4-5-7-16(15)17/h4-9,12-13,20H,3,10-11H2,1-2H3. The lowest BCUT2D eigenvalue weighted by atomic mass is 9.95. The summed E-state index contributed by atoms with van der Waals surface area (Å²) in [6.45, 7) is 4.14. The molecule has 20 heavy (non-hydrogen) atoms. The van der Waals surface area contributed by atoms with Gasteiger partial charge in [0, 0.05) is 24.6 Å². The average Bonchev–Trinajstić information content (AvgIpc) is 2.93. The SMILES string of the molecule is CCC(C)n1ccc(CC(CO)c2ccccc2F)n1. The quantitative estimate of drug-likeness (QED) is 0.879. The average molecular weight is 276 g/mol. The Labute approximate surface area is 119 Å². The molecule has 3 nitrogen and oxygen atoms in total. The first-order valence-electron chi connectivity index (χ1n) is 7.05. The van der Waals surface area contributed by atoms with Crippen LogP contribution in [0.2, 0.25) is 0 Å². The summed E-state index contributed by atoms with van der Waals surface area (Å²) < 4.78 is 15.7. The van der Waals surface area contributed by atoms with Gasteiger partial charge in [-0.1, -0.05) is 25.1 Å². The zero-order valence-electron chi connectivity index (χ0n) is 12.0. The maximum Gasteiger partial charge on any atom is 0.126 e. The molecule has 0 radical (unpaired) electrons. The number of aliphatic hydroxyl groups excluding tert-OH is 1. The number of halogens is 1. The van der Waals surface area contributed by atoms with E-state index in [-0.39, 0.29) is 18.3 Å². The number of nitrogens with zero attached hydrogens (tertiary/aromatic N) is 2. The van der Waals surface area contributed by atoms with Crippen molar-refractivity contribution in [2.75, 3.05) is 6.61 Å². The van der Waals surface area contributed by atoms with Gasteiger partial charge in [-0.15, -0.1) is 0 Å². The van der Waals surface area contributed by atoms with Crippen LogP contribution in [0.25, 0.3) is 0 Å². The fourth-order valence-corrected chi connectivity index (χ4v) is 2.25. The Balaban J connectivity index is 2.15. The van der Waals surface area contributed by atoms with Gasteiger partial charge >= 0.3 is 0 Å². The Morgan fingerprint density at radius 3 is 2.70 bits per heavy atom. The zero-order chi connectivity index (χ0) is 14.5. The molecule has 0 fully saturated rings. The van der Waals surface area contributed by atoms with Crippen molar-refractivity contribution in [3.05, 3.63) is 53.6 Å². The van der Waals surface area contributed by atoms with Crippen molar-refractivity contribution >= 4 is 0 Å². The number of hydrogen-bond acceptors (Lipinski definition) is 2. The normalized spacial score (nSPS) is 14.2. The van der Waals surface area contributed by atoms with E-state index in [0.29, 0.717) is 18.0 Å². The third-order valence-corrected chi connectivity index (χ3v) is 3.73. The lowest BCUT2D eigenvalue weighted by molar-refractivity contribution is 0.260. The molecule has 108 valence electrons. The molecule has 0 aliphatic rings. The summed E-state index contributed by atoms with van der Waals surface area (Å²) in [5.41, 5.74) is 1.43. The molecule has 2 unspecified atom stereocenters. The Morgan fingerprint density at radius 2 is 2.05 bits per heavy atom. The molecule has 2 aromatic rings. The van der Waals surface area contributed by atoms with Crippen LogP contribution in [0, 0.1) is 5.82 Å². The molecular formula is C16H21FN2O. The molecule has 1 aromatic carbocycles. The summed E-state index contributed by atoms with van der Waals surface area (Å²) in [5, 5.41) is 14.0. The first-order chi connectivity index (χ1) is 9.65. The van der Waals surface area contributed by atoms with E-state index in [2.05, 4.69) is 18.9 Å². The summed E-state index contributed by atoms with van der Waals surface area (Å²) in [6.07, 6.45) is 3.50. The molecule has 0 amide bonds. The van der Waals surface area contributed by atoms with Crippen molar-refractivity contribution in [1.29, 1.82) is 0 Å². The van der Waals surface area contributed by atoms with E-state index in [1.807, 2.05) is 16.9 Å². The predicted octanol–water partition coefficient (Wildman–Crippen LogP) is 3.31. The maximum absolute atomic E-state index is 13.8. The monoisotopic (exact) mass is 276 g/mol. The lowest BCUT2D eigenvalue weighted by Gasteiger charge is -2.14. The second-order valence-corrected chi connectivity index (χ2v) is 5.15. The third-order valence-electron chi connectivity index (χ3n) is 3.73. The Kier molecular flexibility index (Phi) is 4.90. The molecule has 0 aliphatic carbocycles. The maximum atomic E-state index is 13.8. The van der Waals surface area contributed by atoms with Gasteiger partial charge in [0.1, 0.15) is 5.82 Å². The van der Waals surface area contributed by atoms with Crippen LogP contribution < -0.4 is 0 Å². The van der Waals surface area contributed by atoms with Crippen molar-refractivity contribution in [3.8, 4) is 0 Å². The zero-order valence-corrected chi connectivity index (χ0v) is 12.0. The minimum Gasteiger partial charge on any atom is -0.396 e. The summed E-state index contributed by atoms with van der Waals surface area (Å²) in [4.78, 5) is 0. The lowest BCUT2D eigenvalue weighted by Crippen LogP contribution is -2.11. The van der Waals surface area contributed by atoms with Crippen LogP contribution in [0.4, 0.5) is 4.39 Å². The fraction of sp³-hybridized carbons (Fsp3) is 0.438. The molecule has 1 heterocycles. The van der Waals surface area contributed by atoms with Gasteiger partial charge in [0.2, 0.25) is 0 Å². The van der Waals surface area contributed by atoms with Crippen LogP contribution >= 0.6 is 0 Å².